The molecule has 4 heteroatoms. The number of likely N-dealkylation sites (tertiary alicyclic amines) is 1. The molecule has 4 atom stereocenters. The zero-order valence-corrected chi connectivity index (χ0v) is 12.7. The monoisotopic (exact) mass is 288 g/mol. The summed E-state index contributed by atoms with van der Waals surface area (Å²) in [5.41, 5.74) is 2.87. The molecule has 0 aromatic heterocycles. The van der Waals surface area contributed by atoms with Crippen LogP contribution in [-0.4, -0.2) is 30.6 Å². The van der Waals surface area contributed by atoms with E-state index in [1.165, 1.54) is 17.8 Å². The topological polar surface area (TPSA) is 15.3 Å². The van der Waals surface area contributed by atoms with Crippen LogP contribution < -0.4 is 5.32 Å². The molecule has 2 nitrogen and oxygen atoms in total. The van der Waals surface area contributed by atoms with Gasteiger partial charge in [-0.15, -0.1) is 24.8 Å². The standard InChI is InChI=1S/C14H20N2.2ClH/c1-9-8-16(3)10(2)13-11-6-4-5-7-12(11)15-14(9)13;;/h4-7,9-10,13-15H,8H2,1-3H3;2*1H. The Labute approximate surface area is 122 Å². The second-order valence-electron chi connectivity index (χ2n) is 5.44. The average molecular weight is 289 g/mol. The number of rotatable bonds is 0. The Morgan fingerprint density at radius 3 is 2.56 bits per heavy atom. The fourth-order valence-corrected chi connectivity index (χ4v) is 3.45. The molecule has 0 radical (unpaired) electrons. The number of anilines is 1. The van der Waals surface area contributed by atoms with E-state index in [1.54, 1.807) is 0 Å². The first-order valence-electron chi connectivity index (χ1n) is 6.24. The number of nitrogens with one attached hydrogen (secondary N) is 1. The van der Waals surface area contributed by atoms with Crippen molar-refractivity contribution in [1.82, 2.24) is 4.90 Å². The maximum Gasteiger partial charge on any atom is 0.0383 e. The van der Waals surface area contributed by atoms with Gasteiger partial charge in [-0.3, -0.25) is 0 Å². The summed E-state index contributed by atoms with van der Waals surface area (Å²) < 4.78 is 0. The van der Waals surface area contributed by atoms with Gasteiger partial charge < -0.3 is 10.2 Å². The highest BCUT2D eigenvalue weighted by atomic mass is 35.5. The maximum absolute atomic E-state index is 3.71. The lowest BCUT2D eigenvalue weighted by Crippen LogP contribution is -2.51. The first kappa shape index (κ1) is 15.6. The Morgan fingerprint density at radius 1 is 1.17 bits per heavy atom. The van der Waals surface area contributed by atoms with Crippen LogP contribution in [0.1, 0.15) is 25.3 Å². The van der Waals surface area contributed by atoms with Gasteiger partial charge in [0.05, 0.1) is 0 Å². The minimum atomic E-state index is 0. The SMILES string of the molecule is CC1CN(C)C(C)C2c3ccccc3NC12.Cl.Cl. The van der Waals surface area contributed by atoms with Crippen LogP contribution in [0.4, 0.5) is 5.69 Å². The lowest BCUT2D eigenvalue weighted by Gasteiger charge is -2.43. The fourth-order valence-electron chi connectivity index (χ4n) is 3.45. The van der Waals surface area contributed by atoms with E-state index >= 15 is 0 Å². The molecule has 2 aliphatic heterocycles. The molecule has 1 N–H and O–H groups in total. The minimum Gasteiger partial charge on any atom is -0.381 e. The van der Waals surface area contributed by atoms with Gasteiger partial charge in [-0.2, -0.15) is 0 Å². The summed E-state index contributed by atoms with van der Waals surface area (Å²) >= 11 is 0. The predicted octanol–water partition coefficient (Wildman–Crippen LogP) is 3.38. The smallest absolute Gasteiger partial charge is 0.0383 e. The van der Waals surface area contributed by atoms with Crippen LogP contribution in [0.3, 0.4) is 0 Å². The van der Waals surface area contributed by atoms with Gasteiger partial charge in [-0.25, -0.2) is 0 Å². The normalized spacial score (nSPS) is 33.5. The highest BCUT2D eigenvalue weighted by Gasteiger charge is 2.43. The van der Waals surface area contributed by atoms with Crippen LogP contribution in [0.25, 0.3) is 0 Å². The van der Waals surface area contributed by atoms with E-state index < -0.39 is 0 Å². The molecule has 0 spiro atoms. The van der Waals surface area contributed by atoms with Crippen molar-refractivity contribution in [1.29, 1.82) is 0 Å². The Balaban J connectivity index is 0.000000810. The molecule has 1 saturated heterocycles. The van der Waals surface area contributed by atoms with E-state index in [0.29, 0.717) is 18.0 Å². The van der Waals surface area contributed by atoms with Crippen molar-refractivity contribution in [3.05, 3.63) is 29.8 Å². The van der Waals surface area contributed by atoms with Crippen LogP contribution in [0.2, 0.25) is 0 Å². The largest absolute Gasteiger partial charge is 0.381 e. The third-order valence-electron chi connectivity index (χ3n) is 4.43. The summed E-state index contributed by atoms with van der Waals surface area (Å²) in [5.74, 6) is 1.38. The van der Waals surface area contributed by atoms with Crippen LogP contribution in [0.5, 0.6) is 0 Å². The molecule has 102 valence electrons. The Bertz CT molecular complexity index is 411. The molecule has 2 aliphatic rings. The molecule has 0 bridgehead atoms. The van der Waals surface area contributed by atoms with Crippen molar-refractivity contribution in [2.24, 2.45) is 5.92 Å². The number of hydrogen-bond acceptors (Lipinski definition) is 2. The number of halogens is 2. The molecule has 0 amide bonds. The first-order valence-corrected chi connectivity index (χ1v) is 6.24. The lowest BCUT2D eigenvalue weighted by molar-refractivity contribution is 0.126. The van der Waals surface area contributed by atoms with Gasteiger partial charge >= 0.3 is 0 Å². The number of nitrogens with zero attached hydrogens (tertiary/aromatic N) is 1. The van der Waals surface area contributed by atoms with Gasteiger partial charge in [0.2, 0.25) is 0 Å². The van der Waals surface area contributed by atoms with Crippen molar-refractivity contribution in [2.45, 2.75) is 31.8 Å². The van der Waals surface area contributed by atoms with Crippen molar-refractivity contribution in [3.8, 4) is 0 Å². The van der Waals surface area contributed by atoms with Crippen molar-refractivity contribution in [2.75, 3.05) is 18.9 Å². The highest BCUT2D eigenvalue weighted by molar-refractivity contribution is 5.85. The number of benzene rings is 1. The second kappa shape index (κ2) is 5.68. The quantitative estimate of drug-likeness (QED) is 0.787. The molecule has 1 aromatic rings. The molecule has 3 rings (SSSR count). The number of piperidine rings is 1. The molecular formula is C14H22Cl2N2. The summed E-state index contributed by atoms with van der Waals surface area (Å²) in [6, 6.07) is 10.1. The third-order valence-corrected chi connectivity index (χ3v) is 4.43. The Hall–Kier alpha value is -0.440. The lowest BCUT2D eigenvalue weighted by atomic mass is 9.79. The summed E-state index contributed by atoms with van der Waals surface area (Å²) in [7, 11) is 2.25. The van der Waals surface area contributed by atoms with E-state index in [2.05, 4.69) is 55.4 Å². The second-order valence-corrected chi connectivity index (χ2v) is 5.44. The molecule has 0 saturated carbocycles. The van der Waals surface area contributed by atoms with Crippen LogP contribution in [0, 0.1) is 5.92 Å². The maximum atomic E-state index is 3.71. The van der Waals surface area contributed by atoms with E-state index in [9.17, 15) is 0 Å². The minimum absolute atomic E-state index is 0. The third kappa shape index (κ3) is 2.22. The number of hydrogen-bond donors (Lipinski definition) is 1. The van der Waals surface area contributed by atoms with E-state index in [0.717, 1.165) is 5.92 Å². The molecule has 1 fully saturated rings. The average Bonchev–Trinajstić information content (AvgIpc) is 2.66. The number of likely N-dealkylation sites (N-methyl/N-ethyl adjacent to an activating group) is 1. The van der Waals surface area contributed by atoms with E-state index in [-0.39, 0.29) is 24.8 Å². The Kier molecular flexibility index (Phi) is 4.93. The Morgan fingerprint density at radius 2 is 1.83 bits per heavy atom. The first-order chi connectivity index (χ1) is 7.68. The summed E-state index contributed by atoms with van der Waals surface area (Å²) in [6.45, 7) is 5.91. The summed E-state index contributed by atoms with van der Waals surface area (Å²) in [6.07, 6.45) is 0. The van der Waals surface area contributed by atoms with E-state index in [4.69, 9.17) is 0 Å². The van der Waals surface area contributed by atoms with Crippen LogP contribution in [-0.2, 0) is 0 Å². The molecule has 4 unspecified atom stereocenters. The van der Waals surface area contributed by atoms with E-state index in [1.807, 2.05) is 0 Å². The summed E-state index contributed by atoms with van der Waals surface area (Å²) in [4.78, 5) is 2.50. The zero-order chi connectivity index (χ0) is 11.3. The molecule has 18 heavy (non-hydrogen) atoms. The zero-order valence-electron chi connectivity index (χ0n) is 11.1. The molecule has 2 heterocycles. The predicted molar refractivity (Wildman–Crippen MR) is 82.3 cm³/mol. The van der Waals surface area contributed by atoms with Gasteiger partial charge in [0.1, 0.15) is 0 Å². The number of fused-ring (bicyclic) bond motifs is 3. The van der Waals surface area contributed by atoms with Crippen molar-refractivity contribution < 1.29 is 0 Å². The van der Waals surface area contributed by atoms with Crippen molar-refractivity contribution >= 4 is 30.5 Å². The van der Waals surface area contributed by atoms with Gasteiger partial charge in [-0.05, 0) is 31.5 Å². The molecule has 1 aromatic carbocycles. The molecule has 0 aliphatic carbocycles. The van der Waals surface area contributed by atoms with Crippen molar-refractivity contribution in [3.63, 3.8) is 0 Å². The van der Waals surface area contributed by atoms with Gasteiger partial charge in [0.15, 0.2) is 0 Å². The van der Waals surface area contributed by atoms with Gasteiger partial charge in [0.25, 0.3) is 0 Å². The van der Waals surface area contributed by atoms with Crippen LogP contribution in [0.15, 0.2) is 24.3 Å². The fraction of sp³-hybridized carbons (Fsp3) is 0.571. The van der Waals surface area contributed by atoms with Crippen LogP contribution >= 0.6 is 24.8 Å². The summed E-state index contributed by atoms with van der Waals surface area (Å²) in [5, 5.41) is 3.71. The van der Waals surface area contributed by atoms with Gasteiger partial charge in [0, 0.05) is 30.2 Å². The van der Waals surface area contributed by atoms with Gasteiger partial charge in [-0.1, -0.05) is 25.1 Å². The highest BCUT2D eigenvalue weighted by Crippen LogP contribution is 2.44. The number of para-hydroxylation sites is 1. The molecular weight excluding hydrogens is 267 g/mol.